The number of carboxylic acids is 1. The number of ether oxygens (including phenoxy) is 6. The van der Waals surface area contributed by atoms with Crippen molar-refractivity contribution in [2.45, 2.75) is 64.7 Å². The molecule has 0 aliphatic carbocycles. The number of allylic oxidation sites excluding steroid dienone is 6. The van der Waals surface area contributed by atoms with Crippen LogP contribution in [0.2, 0.25) is 0 Å². The molecule has 4 N–H and O–H groups in total. The highest BCUT2D eigenvalue weighted by Gasteiger charge is 2.45. The smallest absolute Gasteiger partial charge is 0.337 e. The second-order valence-electron chi connectivity index (χ2n) is 18.3. The zero-order valence-corrected chi connectivity index (χ0v) is 44.3. The zero-order chi connectivity index (χ0) is 53.5. The summed E-state index contributed by atoms with van der Waals surface area (Å²) in [6, 6.07) is 14.7. The van der Waals surface area contributed by atoms with Gasteiger partial charge in [0.15, 0.2) is 5.71 Å². The van der Waals surface area contributed by atoms with E-state index in [4.69, 9.17) is 37.5 Å². The second kappa shape index (κ2) is 26.4. The van der Waals surface area contributed by atoms with Crippen molar-refractivity contribution in [2.24, 2.45) is 0 Å². The highest BCUT2D eigenvalue weighted by Crippen LogP contribution is 2.49. The lowest BCUT2D eigenvalue weighted by Crippen LogP contribution is -2.28. The molecule has 0 saturated carbocycles. The number of benzene rings is 2. The minimum absolute atomic E-state index is 0.0232. The quantitative estimate of drug-likeness (QED) is 0.0236. The molecule has 73 heavy (non-hydrogen) atoms. The Bertz CT molecular complexity index is 2840. The Hall–Kier alpha value is -5.08. The fourth-order valence-corrected chi connectivity index (χ4v) is 9.51. The van der Waals surface area contributed by atoms with E-state index in [1.165, 1.54) is 12.3 Å². The number of pyridine rings is 1. The molecule has 0 saturated heterocycles. The van der Waals surface area contributed by atoms with E-state index in [9.17, 15) is 39.7 Å². The van der Waals surface area contributed by atoms with Gasteiger partial charge in [-0.25, -0.2) is 4.79 Å². The van der Waals surface area contributed by atoms with Gasteiger partial charge in [-0.05, 0) is 80.4 Å². The minimum atomic E-state index is -4.25. The first-order valence-corrected chi connectivity index (χ1v) is 28.7. The summed E-state index contributed by atoms with van der Waals surface area (Å²) in [6.07, 6.45) is 11.2. The number of aromatic nitrogens is 1. The summed E-state index contributed by atoms with van der Waals surface area (Å²) in [5, 5.41) is 9.71. The fraction of sp³-hybridized carbons (Fsp3) is 0.500. The maximum atomic E-state index is 11.9. The minimum Gasteiger partial charge on any atom is -0.491 e. The van der Waals surface area contributed by atoms with Crippen LogP contribution in [0.5, 0.6) is 11.5 Å². The van der Waals surface area contributed by atoms with Crippen molar-refractivity contribution in [3.8, 4) is 11.5 Å². The molecule has 3 aromatic rings. The summed E-state index contributed by atoms with van der Waals surface area (Å²) in [4.78, 5) is 18.5. The van der Waals surface area contributed by atoms with Gasteiger partial charge in [-0.15, -0.1) is 0 Å². The summed E-state index contributed by atoms with van der Waals surface area (Å²) in [5.74, 6) is -1.34. The highest BCUT2D eigenvalue weighted by molar-refractivity contribution is 7.86. The summed E-state index contributed by atoms with van der Waals surface area (Å²) in [6.45, 7) is 12.8. The number of unbranched alkanes of at least 4 members (excludes halogenated alkanes) is 1. The molecule has 2 aliphatic rings. The molecular formula is C50H68N3O17S3+. The molecule has 0 radical (unpaired) electrons. The Labute approximate surface area is 428 Å². The Kier molecular flexibility index (Phi) is 21.3. The first-order chi connectivity index (χ1) is 34.4. The number of hydrogen-bond acceptors (Lipinski definition) is 15. The Morgan fingerprint density at radius 2 is 1.23 bits per heavy atom. The maximum Gasteiger partial charge on any atom is 0.337 e. The number of nitrogens with zero attached hydrogens (tertiary/aromatic N) is 3. The Balaban J connectivity index is 1.41. The first-order valence-electron chi connectivity index (χ1n) is 23.8. The zero-order valence-electron chi connectivity index (χ0n) is 41.9. The van der Waals surface area contributed by atoms with Crippen molar-refractivity contribution >= 4 is 59.0 Å². The molecule has 23 heteroatoms. The molecule has 0 atom stereocenters. The van der Waals surface area contributed by atoms with E-state index in [2.05, 4.69) is 36.4 Å². The van der Waals surface area contributed by atoms with Gasteiger partial charge in [0, 0.05) is 59.2 Å². The molecular weight excluding hydrogens is 1010 g/mol. The van der Waals surface area contributed by atoms with E-state index in [1.54, 1.807) is 12.1 Å². The van der Waals surface area contributed by atoms with Crippen LogP contribution in [-0.4, -0.2) is 162 Å². The van der Waals surface area contributed by atoms with Crippen LogP contribution in [0.25, 0.3) is 5.57 Å². The van der Waals surface area contributed by atoms with E-state index >= 15 is 0 Å². The first kappa shape index (κ1) is 58.8. The van der Waals surface area contributed by atoms with Crippen LogP contribution in [0, 0.1) is 0 Å². The Morgan fingerprint density at radius 1 is 0.685 bits per heavy atom. The summed E-state index contributed by atoms with van der Waals surface area (Å²) in [5.41, 5.74) is 5.63. The van der Waals surface area contributed by atoms with Crippen LogP contribution in [0.4, 0.5) is 11.4 Å². The van der Waals surface area contributed by atoms with Gasteiger partial charge >= 0.3 is 5.97 Å². The lowest BCUT2D eigenvalue weighted by molar-refractivity contribution is -0.438. The van der Waals surface area contributed by atoms with Gasteiger partial charge in [-0.3, -0.25) is 18.6 Å². The largest absolute Gasteiger partial charge is 0.491 e. The molecule has 0 spiro atoms. The van der Waals surface area contributed by atoms with Crippen molar-refractivity contribution in [3.63, 3.8) is 0 Å². The fourth-order valence-electron chi connectivity index (χ4n) is 8.36. The SMILES string of the molecule is CCCC[N+]1=C(/C=C/C(=C/C=C2/N(CCCS(=O)(=O)O)c3ccc(OCCOCCOCCS(=O)(=O)O)cc3C2(C)C)c2ccc(C(=O)O)cn2)C(C)(C)c2cc(OCCOCCOCCS(=O)(=O)O)ccc21. The van der Waals surface area contributed by atoms with E-state index in [0.717, 1.165) is 53.3 Å². The van der Waals surface area contributed by atoms with Crippen molar-refractivity contribution in [2.75, 3.05) is 101 Å². The maximum absolute atomic E-state index is 11.9. The number of anilines is 1. The van der Waals surface area contributed by atoms with Crippen LogP contribution in [0.1, 0.15) is 81.1 Å². The molecule has 5 rings (SSSR count). The van der Waals surface area contributed by atoms with E-state index in [1.807, 2.05) is 67.3 Å². The van der Waals surface area contributed by atoms with Crippen molar-refractivity contribution in [1.29, 1.82) is 0 Å². The van der Waals surface area contributed by atoms with E-state index < -0.39 is 64.4 Å². The predicted molar refractivity (Wildman–Crippen MR) is 276 cm³/mol. The molecule has 0 amide bonds. The predicted octanol–water partition coefficient (Wildman–Crippen LogP) is 6.16. The summed E-state index contributed by atoms with van der Waals surface area (Å²) in [7, 11) is -12.5. The van der Waals surface area contributed by atoms with Crippen LogP contribution in [-0.2, 0) is 60.1 Å². The van der Waals surface area contributed by atoms with Gasteiger partial charge < -0.3 is 38.4 Å². The number of carboxylic acid groups (broad SMARTS) is 1. The monoisotopic (exact) mass is 1080 g/mol. The average molecular weight is 1080 g/mol. The molecule has 402 valence electrons. The van der Waals surface area contributed by atoms with Gasteiger partial charge in [-0.1, -0.05) is 33.3 Å². The number of aromatic carboxylic acids is 1. The molecule has 2 aliphatic heterocycles. The lowest BCUT2D eigenvalue weighted by atomic mass is 9.81. The van der Waals surface area contributed by atoms with Crippen LogP contribution < -0.4 is 14.4 Å². The molecule has 2 aromatic carbocycles. The van der Waals surface area contributed by atoms with Gasteiger partial charge in [0.05, 0.1) is 86.8 Å². The van der Waals surface area contributed by atoms with E-state index in [0.29, 0.717) is 22.8 Å². The lowest BCUT2D eigenvalue weighted by Gasteiger charge is -2.27. The second-order valence-corrected chi connectivity index (χ2v) is 23.0. The molecule has 0 fully saturated rings. The van der Waals surface area contributed by atoms with Crippen molar-refractivity contribution < 1.29 is 81.8 Å². The van der Waals surface area contributed by atoms with Crippen molar-refractivity contribution in [1.82, 2.24) is 4.98 Å². The van der Waals surface area contributed by atoms with Crippen LogP contribution >= 0.6 is 0 Å². The van der Waals surface area contributed by atoms with Crippen LogP contribution in [0.3, 0.4) is 0 Å². The van der Waals surface area contributed by atoms with Gasteiger partial charge in [0.2, 0.25) is 5.69 Å². The van der Waals surface area contributed by atoms with Gasteiger partial charge in [-0.2, -0.15) is 29.8 Å². The molecule has 3 heterocycles. The molecule has 0 bridgehead atoms. The molecule has 20 nitrogen and oxygen atoms in total. The standard InChI is InChI=1S/C50H67N3O17S3/c1-6-7-19-52-44-15-12-39(69-27-25-65-21-23-67-29-32-72(59,60)61)34-41(44)49(2,3)46(52)17-10-37(43-14-9-38(36-51-43)48(54)55)11-18-47-50(4,5)42-35-40(13-16-45(42)53(47)20-8-31-71(56,57)58)70-28-26-66-22-24-68-30-33-73(62,63)64/h9-18,34-36H,6-8,19-33H2,1-5H3,(H3-,54,55,56,57,58,59,60,61,62,63,64)/p+1. The third-order valence-electron chi connectivity index (χ3n) is 12.1. The Morgan fingerprint density at radius 3 is 1.77 bits per heavy atom. The van der Waals surface area contributed by atoms with Gasteiger partial charge in [0.1, 0.15) is 31.3 Å². The molecule has 0 unspecified atom stereocenters. The third kappa shape index (κ3) is 17.8. The third-order valence-corrected chi connectivity index (χ3v) is 14.3. The topological polar surface area (TPSA) is 275 Å². The molecule has 1 aromatic heterocycles. The van der Waals surface area contributed by atoms with Crippen molar-refractivity contribution in [3.05, 3.63) is 107 Å². The highest BCUT2D eigenvalue weighted by atomic mass is 32.2. The summed E-state index contributed by atoms with van der Waals surface area (Å²) >= 11 is 0. The van der Waals surface area contributed by atoms with E-state index in [-0.39, 0.29) is 84.6 Å². The number of hydrogen-bond donors (Lipinski definition) is 4. The number of rotatable bonds is 32. The number of fused-ring (bicyclic) bond motifs is 2. The number of carbonyl (C=O) groups is 1. The average Bonchev–Trinajstić information content (AvgIpc) is 3.65. The van der Waals surface area contributed by atoms with Gasteiger partial charge in [0.25, 0.3) is 30.4 Å². The normalized spacial score (nSPS) is 16.1. The summed E-state index contributed by atoms with van der Waals surface area (Å²) < 4.78 is 130. The van der Waals surface area contributed by atoms with Crippen LogP contribution in [0.15, 0.2) is 84.7 Å².